The summed E-state index contributed by atoms with van der Waals surface area (Å²) in [5, 5.41) is 24.7. The normalized spacial score (nSPS) is 11.5. The molecule has 8 nitrogen and oxygen atoms in total. The van der Waals surface area contributed by atoms with Crippen LogP contribution in [0.1, 0.15) is 23.7 Å². The number of nitrogens with one attached hydrogen (secondary N) is 2. The van der Waals surface area contributed by atoms with Gasteiger partial charge < -0.3 is 20.9 Å². The molecule has 0 heterocycles. The Morgan fingerprint density at radius 1 is 1.11 bits per heavy atom. The van der Waals surface area contributed by atoms with Crippen molar-refractivity contribution in [3.05, 3.63) is 92.9 Å². The second-order valence-corrected chi connectivity index (χ2v) is 9.02. The van der Waals surface area contributed by atoms with E-state index in [4.69, 9.17) is 15.7 Å². The highest BCUT2D eigenvalue weighted by Crippen LogP contribution is 2.38. The lowest BCUT2D eigenvalue weighted by Gasteiger charge is -2.19. The Balaban J connectivity index is 1.75. The molecule has 0 aliphatic rings. The topological polar surface area (TPSA) is 137 Å². The van der Waals surface area contributed by atoms with Gasteiger partial charge in [-0.05, 0) is 70.5 Å². The summed E-state index contributed by atoms with van der Waals surface area (Å²) in [6.07, 6.45) is 1.22. The molecule has 35 heavy (non-hydrogen) atoms. The molecule has 0 saturated heterocycles. The van der Waals surface area contributed by atoms with Gasteiger partial charge in [0.1, 0.15) is 11.9 Å². The molecule has 0 bridgehead atoms. The Labute approximate surface area is 218 Å². The monoisotopic (exact) mass is 598 g/mol. The predicted octanol–water partition coefficient (Wildman–Crippen LogP) is 6.25. The molecule has 0 aliphatic heterocycles. The maximum Gasteiger partial charge on any atom is 0.412 e. The van der Waals surface area contributed by atoms with Gasteiger partial charge in [-0.1, -0.05) is 34.1 Å². The highest BCUT2D eigenvalue weighted by molar-refractivity contribution is 9.11. The van der Waals surface area contributed by atoms with E-state index in [1.165, 1.54) is 12.2 Å². The van der Waals surface area contributed by atoms with Crippen LogP contribution in [0, 0.1) is 11.3 Å². The number of anilines is 3. The zero-order valence-electron chi connectivity index (χ0n) is 18.2. The fourth-order valence-electron chi connectivity index (χ4n) is 3.06. The van der Waals surface area contributed by atoms with Gasteiger partial charge in [0, 0.05) is 22.1 Å². The van der Waals surface area contributed by atoms with Crippen LogP contribution < -0.4 is 16.4 Å². The Bertz CT molecular complexity index is 1300. The Morgan fingerprint density at radius 2 is 1.83 bits per heavy atom. The number of phenols is 1. The standard InChI is InChI=1S/C25H20Br2N4O4/c26-16-12-18(24(33)19(27)13-16)22(35-25(34)30-17-10-8-15(14-28)9-11-17)6-3-7-23(32)31-21-5-2-1-4-20(21)29/h1-5,7-13,22,33H,6,29H2,(H,30,34)(H,31,32)/b7-3+/t22-/m0/s1. The van der Waals surface area contributed by atoms with Crippen molar-refractivity contribution in [2.24, 2.45) is 0 Å². The van der Waals surface area contributed by atoms with Crippen molar-refractivity contribution in [3.8, 4) is 11.8 Å². The van der Waals surface area contributed by atoms with E-state index < -0.39 is 18.1 Å². The van der Waals surface area contributed by atoms with Gasteiger partial charge in [-0.3, -0.25) is 10.1 Å². The molecular weight excluding hydrogens is 580 g/mol. The number of carbonyl (C=O) groups excluding carboxylic acids is 2. The second kappa shape index (κ2) is 12.1. The van der Waals surface area contributed by atoms with Crippen molar-refractivity contribution in [2.45, 2.75) is 12.5 Å². The molecule has 0 aromatic heterocycles. The number of ether oxygens (including phenoxy) is 1. The Hall–Kier alpha value is -3.81. The lowest BCUT2D eigenvalue weighted by Crippen LogP contribution is -2.18. The van der Waals surface area contributed by atoms with E-state index in [1.54, 1.807) is 60.7 Å². The van der Waals surface area contributed by atoms with Gasteiger partial charge in [0.25, 0.3) is 0 Å². The summed E-state index contributed by atoms with van der Waals surface area (Å²) in [6, 6.07) is 18.4. The van der Waals surface area contributed by atoms with Crippen molar-refractivity contribution >= 4 is 60.9 Å². The van der Waals surface area contributed by atoms with Crippen LogP contribution in [0.5, 0.6) is 5.75 Å². The highest BCUT2D eigenvalue weighted by Gasteiger charge is 2.22. The van der Waals surface area contributed by atoms with E-state index in [1.807, 2.05) is 6.07 Å². The van der Waals surface area contributed by atoms with Gasteiger partial charge in [-0.15, -0.1) is 0 Å². The summed E-state index contributed by atoms with van der Waals surface area (Å²) in [5.41, 5.74) is 7.97. The minimum absolute atomic E-state index is 0.0922. The van der Waals surface area contributed by atoms with Gasteiger partial charge >= 0.3 is 6.09 Å². The number of carbonyl (C=O) groups is 2. The number of hydrogen-bond acceptors (Lipinski definition) is 6. The van der Waals surface area contributed by atoms with Crippen LogP contribution in [0.25, 0.3) is 0 Å². The number of benzene rings is 3. The number of nitrogen functional groups attached to an aromatic ring is 1. The largest absolute Gasteiger partial charge is 0.506 e. The highest BCUT2D eigenvalue weighted by atomic mass is 79.9. The maximum absolute atomic E-state index is 12.6. The molecule has 5 N–H and O–H groups in total. The summed E-state index contributed by atoms with van der Waals surface area (Å²) in [5.74, 6) is -0.511. The summed E-state index contributed by atoms with van der Waals surface area (Å²) in [7, 11) is 0. The molecule has 0 fully saturated rings. The minimum atomic E-state index is -0.923. The van der Waals surface area contributed by atoms with Crippen molar-refractivity contribution in [2.75, 3.05) is 16.4 Å². The number of aromatic hydroxyl groups is 1. The minimum Gasteiger partial charge on any atom is -0.506 e. The number of amides is 2. The van der Waals surface area contributed by atoms with Gasteiger partial charge in [0.05, 0.1) is 27.5 Å². The van der Waals surface area contributed by atoms with E-state index in [9.17, 15) is 14.7 Å². The van der Waals surface area contributed by atoms with E-state index >= 15 is 0 Å². The van der Waals surface area contributed by atoms with Gasteiger partial charge in [0.2, 0.25) is 5.91 Å². The van der Waals surface area contributed by atoms with Crippen molar-refractivity contribution in [1.29, 1.82) is 5.26 Å². The summed E-state index contributed by atoms with van der Waals surface area (Å²) in [4.78, 5) is 24.9. The molecule has 0 radical (unpaired) electrons. The molecule has 3 aromatic carbocycles. The van der Waals surface area contributed by atoms with Crippen LogP contribution in [0.2, 0.25) is 0 Å². The Morgan fingerprint density at radius 3 is 2.51 bits per heavy atom. The summed E-state index contributed by atoms with van der Waals surface area (Å²) >= 11 is 6.64. The molecule has 3 aromatic rings. The van der Waals surface area contributed by atoms with Gasteiger partial charge in [-0.2, -0.15) is 5.26 Å². The number of rotatable bonds is 7. The van der Waals surface area contributed by atoms with E-state index in [-0.39, 0.29) is 12.2 Å². The zero-order chi connectivity index (χ0) is 25.4. The third-order valence-electron chi connectivity index (χ3n) is 4.75. The first kappa shape index (κ1) is 25.8. The number of phenolic OH excluding ortho intramolecular Hbond substituents is 1. The second-order valence-electron chi connectivity index (χ2n) is 7.25. The zero-order valence-corrected chi connectivity index (χ0v) is 21.3. The number of hydrogen-bond donors (Lipinski definition) is 4. The molecular formula is C25H20Br2N4O4. The predicted molar refractivity (Wildman–Crippen MR) is 141 cm³/mol. The first-order valence-corrected chi connectivity index (χ1v) is 11.8. The molecule has 10 heteroatoms. The summed E-state index contributed by atoms with van der Waals surface area (Å²) < 4.78 is 6.65. The fraction of sp³-hybridized carbons (Fsp3) is 0.0800. The Kier molecular flexibility index (Phi) is 8.89. The number of nitriles is 1. The molecule has 1 atom stereocenters. The van der Waals surface area contributed by atoms with E-state index in [0.717, 1.165) is 0 Å². The smallest absolute Gasteiger partial charge is 0.412 e. The van der Waals surface area contributed by atoms with E-state index in [0.29, 0.717) is 37.1 Å². The molecule has 178 valence electrons. The van der Waals surface area contributed by atoms with E-state index in [2.05, 4.69) is 42.5 Å². The molecule has 3 rings (SSSR count). The number of halogens is 2. The molecule has 0 spiro atoms. The number of para-hydroxylation sites is 2. The van der Waals surface area contributed by atoms with Crippen molar-refractivity contribution in [3.63, 3.8) is 0 Å². The molecule has 0 saturated carbocycles. The molecule has 0 unspecified atom stereocenters. The first-order chi connectivity index (χ1) is 16.8. The van der Waals surface area contributed by atoms with Crippen LogP contribution >= 0.6 is 31.9 Å². The lowest BCUT2D eigenvalue weighted by molar-refractivity contribution is -0.111. The third kappa shape index (κ3) is 7.34. The SMILES string of the molecule is N#Cc1ccc(NC(=O)O[C@@H](C/C=C/C(=O)Nc2ccccc2N)c2cc(Br)cc(Br)c2O)cc1. The number of nitrogens with zero attached hydrogens (tertiary/aromatic N) is 1. The fourth-order valence-corrected chi connectivity index (χ4v) is 4.32. The summed E-state index contributed by atoms with van der Waals surface area (Å²) in [6.45, 7) is 0. The van der Waals surface area contributed by atoms with Crippen LogP contribution in [-0.2, 0) is 9.53 Å². The quantitative estimate of drug-likeness (QED) is 0.187. The van der Waals surface area contributed by atoms with Crippen LogP contribution in [0.15, 0.2) is 81.8 Å². The first-order valence-electron chi connectivity index (χ1n) is 10.2. The van der Waals surface area contributed by atoms with Gasteiger partial charge in [-0.25, -0.2) is 4.79 Å². The molecule has 0 aliphatic carbocycles. The van der Waals surface area contributed by atoms with Crippen LogP contribution in [0.4, 0.5) is 21.9 Å². The van der Waals surface area contributed by atoms with Crippen LogP contribution in [0.3, 0.4) is 0 Å². The average Bonchev–Trinajstić information content (AvgIpc) is 2.82. The van der Waals surface area contributed by atoms with Gasteiger partial charge in [0.15, 0.2) is 0 Å². The third-order valence-corrected chi connectivity index (χ3v) is 5.81. The van der Waals surface area contributed by atoms with Crippen LogP contribution in [-0.4, -0.2) is 17.1 Å². The van der Waals surface area contributed by atoms with Crippen molar-refractivity contribution in [1.82, 2.24) is 0 Å². The average molecular weight is 600 g/mol. The number of nitrogens with two attached hydrogens (primary N) is 1. The molecule has 2 amide bonds. The van der Waals surface area contributed by atoms with Crippen molar-refractivity contribution < 1.29 is 19.4 Å². The maximum atomic E-state index is 12.6. The lowest BCUT2D eigenvalue weighted by atomic mass is 10.0.